The second-order valence-electron chi connectivity index (χ2n) is 3.46. The third kappa shape index (κ3) is 1.62. The average molecular weight is 148 g/mol. The molecule has 0 aliphatic carbocycles. The van der Waals surface area contributed by atoms with Crippen molar-refractivity contribution in [1.29, 1.82) is 0 Å². The lowest BCUT2D eigenvalue weighted by molar-refractivity contribution is 0.846. The summed E-state index contributed by atoms with van der Waals surface area (Å²) in [6.45, 7) is 8.86. The van der Waals surface area contributed by atoms with Gasteiger partial charge < -0.3 is 0 Å². The molecule has 0 unspecified atom stereocenters. The first-order valence-corrected chi connectivity index (χ1v) is 4.19. The van der Waals surface area contributed by atoms with Gasteiger partial charge in [0.2, 0.25) is 0 Å². The van der Waals surface area contributed by atoms with Gasteiger partial charge in [0.1, 0.15) is 0 Å². The second kappa shape index (κ2) is 3.08. The summed E-state index contributed by atoms with van der Waals surface area (Å²) in [4.78, 5) is 0. The van der Waals surface area contributed by atoms with E-state index in [2.05, 4.69) is 45.9 Å². The molecule has 0 aliphatic rings. The summed E-state index contributed by atoms with van der Waals surface area (Å²) in [5.41, 5.74) is 4.34. The molecule has 0 amide bonds. The number of hydrogen-bond donors (Lipinski definition) is 0. The van der Waals surface area contributed by atoms with Gasteiger partial charge in [-0.1, -0.05) is 32.0 Å². The van der Waals surface area contributed by atoms with Crippen LogP contribution in [0.3, 0.4) is 0 Å². The monoisotopic (exact) mass is 148 g/mol. The van der Waals surface area contributed by atoms with E-state index in [9.17, 15) is 0 Å². The van der Waals surface area contributed by atoms with Crippen LogP contribution in [-0.2, 0) is 0 Å². The van der Waals surface area contributed by atoms with Crippen molar-refractivity contribution < 1.29 is 0 Å². The Morgan fingerprint density at radius 3 is 1.73 bits per heavy atom. The summed E-state index contributed by atoms with van der Waals surface area (Å²) in [7, 11) is 0. The standard InChI is InChI=1S/C11H16/c1-8(2)11-9(3)6-5-7-10(11)4/h5-8H,1-4H3. The Hall–Kier alpha value is -0.780. The van der Waals surface area contributed by atoms with E-state index in [4.69, 9.17) is 0 Å². The zero-order valence-electron chi connectivity index (χ0n) is 7.81. The number of benzene rings is 1. The van der Waals surface area contributed by atoms with Crippen LogP contribution in [0.5, 0.6) is 0 Å². The van der Waals surface area contributed by atoms with Crippen LogP contribution in [0.25, 0.3) is 0 Å². The maximum atomic E-state index is 2.25. The smallest absolute Gasteiger partial charge is 0.0214 e. The molecular weight excluding hydrogens is 132 g/mol. The Balaban J connectivity index is 3.21. The van der Waals surface area contributed by atoms with Crippen molar-refractivity contribution >= 4 is 0 Å². The molecule has 1 rings (SSSR count). The van der Waals surface area contributed by atoms with Crippen molar-refractivity contribution in [1.82, 2.24) is 0 Å². The van der Waals surface area contributed by atoms with Crippen LogP contribution in [0, 0.1) is 13.8 Å². The predicted octanol–water partition coefficient (Wildman–Crippen LogP) is 3.43. The van der Waals surface area contributed by atoms with Gasteiger partial charge in [-0.2, -0.15) is 0 Å². The lowest BCUT2D eigenvalue weighted by Crippen LogP contribution is -1.94. The fourth-order valence-electron chi connectivity index (χ4n) is 1.74. The van der Waals surface area contributed by atoms with Crippen LogP contribution in [0.2, 0.25) is 0 Å². The van der Waals surface area contributed by atoms with Gasteiger partial charge in [-0.3, -0.25) is 0 Å². The second-order valence-corrected chi connectivity index (χ2v) is 3.46. The molecule has 11 heavy (non-hydrogen) atoms. The van der Waals surface area contributed by atoms with Crippen LogP contribution in [-0.4, -0.2) is 0 Å². The van der Waals surface area contributed by atoms with Gasteiger partial charge in [0.25, 0.3) is 0 Å². The van der Waals surface area contributed by atoms with E-state index < -0.39 is 0 Å². The molecule has 0 fully saturated rings. The number of hydrogen-bond acceptors (Lipinski definition) is 0. The Kier molecular flexibility index (Phi) is 2.33. The maximum Gasteiger partial charge on any atom is -0.0214 e. The Morgan fingerprint density at radius 2 is 1.45 bits per heavy atom. The molecule has 0 radical (unpaired) electrons. The highest BCUT2D eigenvalue weighted by atomic mass is 14.1. The first-order chi connectivity index (χ1) is 5.13. The molecule has 0 saturated heterocycles. The van der Waals surface area contributed by atoms with Crippen molar-refractivity contribution in [2.75, 3.05) is 0 Å². The van der Waals surface area contributed by atoms with E-state index in [0.29, 0.717) is 5.92 Å². The van der Waals surface area contributed by atoms with Gasteiger partial charge in [0, 0.05) is 0 Å². The van der Waals surface area contributed by atoms with Crippen LogP contribution < -0.4 is 0 Å². The van der Waals surface area contributed by atoms with E-state index in [1.165, 1.54) is 16.7 Å². The fourth-order valence-corrected chi connectivity index (χ4v) is 1.74. The molecule has 0 spiro atoms. The van der Waals surface area contributed by atoms with E-state index >= 15 is 0 Å². The first-order valence-electron chi connectivity index (χ1n) is 4.19. The summed E-state index contributed by atoms with van der Waals surface area (Å²) in [5, 5.41) is 0. The minimum Gasteiger partial charge on any atom is -0.0617 e. The molecule has 0 heteroatoms. The van der Waals surface area contributed by atoms with Gasteiger partial charge >= 0.3 is 0 Å². The van der Waals surface area contributed by atoms with Gasteiger partial charge in [0.05, 0.1) is 0 Å². The summed E-state index contributed by atoms with van der Waals surface area (Å²) >= 11 is 0. The molecule has 0 heterocycles. The van der Waals surface area contributed by atoms with E-state index in [0.717, 1.165) is 0 Å². The van der Waals surface area contributed by atoms with Crippen molar-refractivity contribution in [3.63, 3.8) is 0 Å². The average Bonchev–Trinajstić information content (AvgIpc) is 1.85. The molecule has 1 aromatic rings. The zero-order chi connectivity index (χ0) is 8.43. The Morgan fingerprint density at radius 1 is 1.00 bits per heavy atom. The molecule has 0 nitrogen and oxygen atoms in total. The van der Waals surface area contributed by atoms with Gasteiger partial charge in [0.15, 0.2) is 0 Å². The normalized spacial score (nSPS) is 10.6. The minimum absolute atomic E-state index is 0.649. The van der Waals surface area contributed by atoms with E-state index in [1.807, 2.05) is 0 Å². The number of aryl methyl sites for hydroxylation is 2. The van der Waals surface area contributed by atoms with Crippen molar-refractivity contribution in [2.45, 2.75) is 33.6 Å². The highest BCUT2D eigenvalue weighted by Gasteiger charge is 2.04. The first kappa shape index (κ1) is 8.32. The molecule has 0 atom stereocenters. The summed E-state index contributed by atoms with van der Waals surface area (Å²) < 4.78 is 0. The molecule has 0 aromatic heterocycles. The van der Waals surface area contributed by atoms with Gasteiger partial charge in [-0.05, 0) is 36.5 Å². The molecule has 1 aromatic carbocycles. The van der Waals surface area contributed by atoms with Crippen molar-refractivity contribution in [2.24, 2.45) is 0 Å². The summed E-state index contributed by atoms with van der Waals surface area (Å²) in [6, 6.07) is 6.49. The molecule has 0 N–H and O–H groups in total. The van der Waals surface area contributed by atoms with Crippen LogP contribution in [0.1, 0.15) is 36.5 Å². The van der Waals surface area contributed by atoms with Crippen LogP contribution in [0.4, 0.5) is 0 Å². The molecular formula is C11H16. The maximum absolute atomic E-state index is 2.25. The summed E-state index contributed by atoms with van der Waals surface area (Å²) in [5.74, 6) is 0.649. The zero-order valence-corrected chi connectivity index (χ0v) is 7.81. The molecule has 0 saturated carbocycles. The lowest BCUT2D eigenvalue weighted by Gasteiger charge is -2.12. The summed E-state index contributed by atoms with van der Waals surface area (Å²) in [6.07, 6.45) is 0. The third-order valence-corrected chi connectivity index (χ3v) is 2.12. The molecule has 0 aliphatic heterocycles. The SMILES string of the molecule is Cc1cccc(C)c1C(C)C. The lowest BCUT2D eigenvalue weighted by atomic mass is 9.94. The highest BCUT2D eigenvalue weighted by molar-refractivity contribution is 5.35. The van der Waals surface area contributed by atoms with Crippen LogP contribution in [0.15, 0.2) is 18.2 Å². The quantitative estimate of drug-likeness (QED) is 0.572. The number of rotatable bonds is 1. The molecule has 60 valence electrons. The highest BCUT2D eigenvalue weighted by Crippen LogP contribution is 2.22. The van der Waals surface area contributed by atoms with Crippen molar-refractivity contribution in [3.8, 4) is 0 Å². The topological polar surface area (TPSA) is 0 Å². The van der Waals surface area contributed by atoms with E-state index in [1.54, 1.807) is 0 Å². The Bertz CT molecular complexity index is 226. The van der Waals surface area contributed by atoms with Gasteiger partial charge in [-0.25, -0.2) is 0 Å². The van der Waals surface area contributed by atoms with Crippen molar-refractivity contribution in [3.05, 3.63) is 34.9 Å². The van der Waals surface area contributed by atoms with Gasteiger partial charge in [-0.15, -0.1) is 0 Å². The van der Waals surface area contributed by atoms with Crippen LogP contribution >= 0.6 is 0 Å². The third-order valence-electron chi connectivity index (χ3n) is 2.12. The Labute approximate surface area is 69.3 Å². The fraction of sp³-hybridized carbons (Fsp3) is 0.455. The largest absolute Gasteiger partial charge is 0.0617 e. The molecule has 0 bridgehead atoms. The minimum atomic E-state index is 0.649. The predicted molar refractivity (Wildman–Crippen MR) is 50.0 cm³/mol. The van der Waals surface area contributed by atoms with E-state index in [-0.39, 0.29) is 0 Å².